The predicted octanol–water partition coefficient (Wildman–Crippen LogP) is 0.452. The zero-order valence-corrected chi connectivity index (χ0v) is 8.59. The van der Waals surface area contributed by atoms with Gasteiger partial charge >= 0.3 is 6.18 Å². The molecular weight excluding hydrogens is 227 g/mol. The van der Waals surface area contributed by atoms with Crippen LogP contribution in [0.5, 0.6) is 0 Å². The van der Waals surface area contributed by atoms with Crippen molar-refractivity contribution >= 4 is 5.91 Å². The lowest BCUT2D eigenvalue weighted by Gasteiger charge is -2.22. The van der Waals surface area contributed by atoms with Gasteiger partial charge in [-0.05, 0) is 12.8 Å². The molecule has 4 nitrogen and oxygen atoms in total. The predicted molar refractivity (Wildman–Crippen MR) is 48.6 cm³/mol. The van der Waals surface area contributed by atoms with E-state index in [-0.39, 0.29) is 5.92 Å². The third-order valence-corrected chi connectivity index (χ3v) is 2.44. The summed E-state index contributed by atoms with van der Waals surface area (Å²) in [6, 6.07) is 0. The number of carbonyl (C=O) groups is 1. The summed E-state index contributed by atoms with van der Waals surface area (Å²) >= 11 is 0. The number of carbonyl (C=O) groups excluding carboxylic acids is 1. The molecule has 0 aromatic carbocycles. The fraction of sp³-hybridized carbons (Fsp3) is 0.889. The van der Waals surface area contributed by atoms with Gasteiger partial charge in [-0.1, -0.05) is 0 Å². The van der Waals surface area contributed by atoms with Gasteiger partial charge in [-0.2, -0.15) is 13.2 Å². The van der Waals surface area contributed by atoms with Gasteiger partial charge in [0.25, 0.3) is 0 Å². The standard InChI is InChI=1S/C9H14F3NO3/c10-9(11,12)7(14)5-13-8(15)6-1-3-16-4-2-6/h6-7,14H,1-5H2,(H,13,15). The van der Waals surface area contributed by atoms with E-state index in [0.29, 0.717) is 26.1 Å². The minimum Gasteiger partial charge on any atom is -0.382 e. The van der Waals surface area contributed by atoms with Gasteiger partial charge in [0.2, 0.25) is 5.91 Å². The van der Waals surface area contributed by atoms with Gasteiger partial charge in [-0.3, -0.25) is 4.79 Å². The SMILES string of the molecule is O=C(NCC(O)C(F)(F)F)C1CCOCC1. The highest BCUT2D eigenvalue weighted by molar-refractivity contribution is 5.78. The lowest BCUT2D eigenvalue weighted by atomic mass is 9.99. The highest BCUT2D eigenvalue weighted by atomic mass is 19.4. The molecule has 1 aliphatic rings. The van der Waals surface area contributed by atoms with Gasteiger partial charge < -0.3 is 15.2 Å². The highest BCUT2D eigenvalue weighted by Crippen LogP contribution is 2.20. The van der Waals surface area contributed by atoms with Crippen LogP contribution in [0.4, 0.5) is 13.2 Å². The molecule has 7 heteroatoms. The Hall–Kier alpha value is -0.820. The third-order valence-electron chi connectivity index (χ3n) is 2.44. The molecule has 1 rings (SSSR count). The van der Waals surface area contributed by atoms with Gasteiger partial charge in [0.05, 0.1) is 6.54 Å². The summed E-state index contributed by atoms with van der Waals surface area (Å²) < 4.78 is 40.8. The van der Waals surface area contributed by atoms with Gasteiger partial charge in [0.1, 0.15) is 0 Å². The van der Waals surface area contributed by atoms with Crippen molar-refractivity contribution in [3.63, 3.8) is 0 Å². The average Bonchev–Trinajstić information content (AvgIpc) is 2.25. The largest absolute Gasteiger partial charge is 0.416 e. The topological polar surface area (TPSA) is 58.6 Å². The summed E-state index contributed by atoms with van der Waals surface area (Å²) in [6.45, 7) is 0.0967. The van der Waals surface area contributed by atoms with Crippen molar-refractivity contribution in [3.05, 3.63) is 0 Å². The van der Waals surface area contributed by atoms with Gasteiger partial charge in [-0.15, -0.1) is 0 Å². The van der Waals surface area contributed by atoms with Crippen LogP contribution < -0.4 is 5.32 Å². The second kappa shape index (κ2) is 5.49. The van der Waals surface area contributed by atoms with Crippen LogP contribution >= 0.6 is 0 Å². The first-order valence-corrected chi connectivity index (χ1v) is 5.01. The zero-order chi connectivity index (χ0) is 12.2. The molecule has 0 saturated carbocycles. The van der Waals surface area contributed by atoms with Crippen LogP contribution in [-0.4, -0.2) is 43.1 Å². The van der Waals surface area contributed by atoms with Crippen LogP contribution in [0.1, 0.15) is 12.8 Å². The Balaban J connectivity index is 2.29. The molecule has 0 radical (unpaired) electrons. The maximum atomic E-state index is 11.9. The molecule has 0 aliphatic carbocycles. The Morgan fingerprint density at radius 3 is 2.50 bits per heavy atom. The highest BCUT2D eigenvalue weighted by Gasteiger charge is 2.38. The van der Waals surface area contributed by atoms with E-state index < -0.39 is 24.7 Å². The second-order valence-electron chi connectivity index (χ2n) is 3.69. The average molecular weight is 241 g/mol. The number of alkyl halides is 3. The molecule has 1 heterocycles. The molecule has 0 bridgehead atoms. The molecule has 1 amide bonds. The molecule has 0 aromatic heterocycles. The smallest absolute Gasteiger partial charge is 0.382 e. The fourth-order valence-electron chi connectivity index (χ4n) is 1.42. The van der Waals surface area contributed by atoms with E-state index in [4.69, 9.17) is 9.84 Å². The van der Waals surface area contributed by atoms with Crippen LogP contribution in [0.15, 0.2) is 0 Å². The zero-order valence-electron chi connectivity index (χ0n) is 8.59. The summed E-state index contributed by atoms with van der Waals surface area (Å²) in [5.74, 6) is -0.763. The number of aliphatic hydroxyl groups is 1. The summed E-state index contributed by atoms with van der Waals surface area (Å²) in [4.78, 5) is 11.4. The number of hydrogen-bond acceptors (Lipinski definition) is 3. The van der Waals surface area contributed by atoms with Crippen LogP contribution in [0, 0.1) is 5.92 Å². The molecule has 1 saturated heterocycles. The number of aliphatic hydroxyl groups excluding tert-OH is 1. The number of rotatable bonds is 3. The fourth-order valence-corrected chi connectivity index (χ4v) is 1.42. The van der Waals surface area contributed by atoms with Crippen molar-refractivity contribution in [3.8, 4) is 0 Å². The van der Waals surface area contributed by atoms with E-state index in [1.165, 1.54) is 0 Å². The maximum Gasteiger partial charge on any atom is 0.416 e. The first-order chi connectivity index (χ1) is 7.41. The molecular formula is C9H14F3NO3. The lowest BCUT2D eigenvalue weighted by Crippen LogP contribution is -2.43. The van der Waals surface area contributed by atoms with Crippen LogP contribution in [-0.2, 0) is 9.53 Å². The first-order valence-electron chi connectivity index (χ1n) is 5.01. The van der Waals surface area contributed by atoms with Crippen LogP contribution in [0.25, 0.3) is 0 Å². The van der Waals surface area contributed by atoms with Crippen molar-refractivity contribution in [2.45, 2.75) is 25.1 Å². The second-order valence-corrected chi connectivity index (χ2v) is 3.69. The van der Waals surface area contributed by atoms with E-state index in [1.54, 1.807) is 0 Å². The number of ether oxygens (including phenoxy) is 1. The Labute approximate surface area is 90.8 Å². The normalized spacial score (nSPS) is 20.5. The van der Waals surface area contributed by atoms with Crippen LogP contribution in [0.2, 0.25) is 0 Å². The summed E-state index contributed by atoms with van der Waals surface area (Å²) in [7, 11) is 0. The van der Waals surface area contributed by atoms with Gasteiger partial charge in [0.15, 0.2) is 6.10 Å². The van der Waals surface area contributed by atoms with Crippen LogP contribution in [0.3, 0.4) is 0 Å². The van der Waals surface area contributed by atoms with Crippen molar-refractivity contribution in [2.75, 3.05) is 19.8 Å². The minimum absolute atomic E-state index is 0.311. The number of amides is 1. The summed E-state index contributed by atoms with van der Waals surface area (Å²) in [6.07, 6.45) is -6.18. The maximum absolute atomic E-state index is 11.9. The molecule has 0 spiro atoms. The lowest BCUT2D eigenvalue weighted by molar-refractivity contribution is -0.202. The third kappa shape index (κ3) is 3.97. The Kier molecular flexibility index (Phi) is 4.55. The van der Waals surface area contributed by atoms with E-state index in [9.17, 15) is 18.0 Å². The quantitative estimate of drug-likeness (QED) is 0.754. The molecule has 16 heavy (non-hydrogen) atoms. The summed E-state index contributed by atoms with van der Waals surface area (Å²) in [5, 5.41) is 10.8. The first kappa shape index (κ1) is 13.2. The molecule has 1 unspecified atom stereocenters. The Morgan fingerprint density at radius 2 is 2.00 bits per heavy atom. The van der Waals surface area contributed by atoms with Crippen molar-refractivity contribution < 1.29 is 27.8 Å². The van der Waals surface area contributed by atoms with Crippen molar-refractivity contribution in [2.24, 2.45) is 5.92 Å². The van der Waals surface area contributed by atoms with Gasteiger partial charge in [0, 0.05) is 19.1 Å². The number of nitrogens with one attached hydrogen (secondary N) is 1. The van der Waals surface area contributed by atoms with Crippen molar-refractivity contribution in [1.29, 1.82) is 0 Å². The molecule has 0 aromatic rings. The summed E-state index contributed by atoms with van der Waals surface area (Å²) in [5.41, 5.74) is 0. The monoisotopic (exact) mass is 241 g/mol. The number of hydrogen-bond donors (Lipinski definition) is 2. The molecule has 94 valence electrons. The molecule has 1 atom stereocenters. The minimum atomic E-state index is -4.69. The van der Waals surface area contributed by atoms with E-state index in [0.717, 1.165) is 0 Å². The Bertz CT molecular complexity index is 239. The van der Waals surface area contributed by atoms with E-state index in [2.05, 4.69) is 5.32 Å². The van der Waals surface area contributed by atoms with Crippen molar-refractivity contribution in [1.82, 2.24) is 5.32 Å². The molecule has 1 fully saturated rings. The van der Waals surface area contributed by atoms with Gasteiger partial charge in [-0.25, -0.2) is 0 Å². The number of halogens is 3. The van der Waals surface area contributed by atoms with E-state index >= 15 is 0 Å². The molecule has 1 aliphatic heterocycles. The Morgan fingerprint density at radius 1 is 1.44 bits per heavy atom. The van der Waals surface area contributed by atoms with E-state index in [1.807, 2.05) is 0 Å². The molecule has 2 N–H and O–H groups in total.